The molecule has 1 N–H and O–H groups in total. The van der Waals surface area contributed by atoms with Gasteiger partial charge in [0.05, 0.1) is 5.56 Å². The standard InChI is InChI=1S/C20H17ClN6OS/c21-16-8-14(18-23-12-24-25-18)9-17(10-16)27-2-1-13-7-15(11-22-19(13)27)20(28)26-3-5-29-6-4-26/h1-2,7-12H,3-6H2,(H,23,24,25). The molecule has 1 aromatic carbocycles. The van der Waals surface area contributed by atoms with Crippen LogP contribution < -0.4 is 0 Å². The number of thioether (sulfide) groups is 1. The number of carbonyl (C=O) groups is 1. The first-order chi connectivity index (χ1) is 14.2. The first-order valence-corrected chi connectivity index (χ1v) is 10.7. The van der Waals surface area contributed by atoms with E-state index in [2.05, 4.69) is 20.2 Å². The van der Waals surface area contributed by atoms with Crippen molar-refractivity contribution in [1.82, 2.24) is 29.6 Å². The Hall–Kier alpha value is -2.84. The minimum Gasteiger partial charge on any atom is -0.337 e. The summed E-state index contributed by atoms with van der Waals surface area (Å²) in [5.41, 5.74) is 3.08. The number of fused-ring (bicyclic) bond motifs is 1. The minimum atomic E-state index is 0.0443. The predicted molar refractivity (Wildman–Crippen MR) is 115 cm³/mol. The number of amides is 1. The summed E-state index contributed by atoms with van der Waals surface area (Å²) in [6.07, 6.45) is 5.05. The number of halogens is 1. The molecule has 0 bridgehead atoms. The van der Waals surface area contributed by atoms with Gasteiger partial charge in [-0.2, -0.15) is 16.9 Å². The number of benzene rings is 1. The molecule has 29 heavy (non-hydrogen) atoms. The number of carbonyl (C=O) groups excluding carboxylic acids is 1. The third kappa shape index (κ3) is 3.49. The van der Waals surface area contributed by atoms with Gasteiger partial charge in [-0.1, -0.05) is 11.6 Å². The summed E-state index contributed by atoms with van der Waals surface area (Å²) < 4.78 is 1.95. The van der Waals surface area contributed by atoms with E-state index in [1.165, 1.54) is 6.33 Å². The molecule has 0 aliphatic carbocycles. The first kappa shape index (κ1) is 18.2. The van der Waals surface area contributed by atoms with E-state index >= 15 is 0 Å². The second-order valence-electron chi connectivity index (χ2n) is 6.76. The van der Waals surface area contributed by atoms with Gasteiger partial charge in [0.15, 0.2) is 5.82 Å². The fourth-order valence-electron chi connectivity index (χ4n) is 3.49. The highest BCUT2D eigenvalue weighted by molar-refractivity contribution is 7.99. The normalized spacial score (nSPS) is 14.4. The van der Waals surface area contributed by atoms with E-state index in [1.54, 1.807) is 6.20 Å². The fraction of sp³-hybridized carbons (Fsp3) is 0.200. The summed E-state index contributed by atoms with van der Waals surface area (Å²) in [4.78, 5) is 23.5. The zero-order valence-electron chi connectivity index (χ0n) is 15.4. The first-order valence-electron chi connectivity index (χ1n) is 9.20. The zero-order valence-corrected chi connectivity index (χ0v) is 17.0. The zero-order chi connectivity index (χ0) is 19.8. The summed E-state index contributed by atoms with van der Waals surface area (Å²) in [6, 6.07) is 9.54. The van der Waals surface area contributed by atoms with Crippen LogP contribution in [0.3, 0.4) is 0 Å². The van der Waals surface area contributed by atoms with Gasteiger partial charge in [0.1, 0.15) is 12.0 Å². The second-order valence-corrected chi connectivity index (χ2v) is 8.42. The molecule has 1 aliphatic heterocycles. The van der Waals surface area contributed by atoms with Crippen molar-refractivity contribution >= 4 is 40.3 Å². The van der Waals surface area contributed by atoms with Crippen LogP contribution in [0.15, 0.2) is 49.1 Å². The molecule has 4 aromatic rings. The van der Waals surface area contributed by atoms with Gasteiger partial charge in [0.25, 0.3) is 5.91 Å². The lowest BCUT2D eigenvalue weighted by Gasteiger charge is -2.26. The summed E-state index contributed by atoms with van der Waals surface area (Å²) >= 11 is 8.22. The molecule has 1 fully saturated rings. The van der Waals surface area contributed by atoms with E-state index in [9.17, 15) is 4.79 Å². The van der Waals surface area contributed by atoms with Crippen molar-refractivity contribution < 1.29 is 4.79 Å². The number of pyridine rings is 1. The Labute approximate surface area is 176 Å². The van der Waals surface area contributed by atoms with E-state index in [0.717, 1.165) is 46.9 Å². The van der Waals surface area contributed by atoms with Gasteiger partial charge >= 0.3 is 0 Å². The van der Waals surface area contributed by atoms with Gasteiger partial charge in [0.2, 0.25) is 0 Å². The molecule has 1 saturated heterocycles. The van der Waals surface area contributed by atoms with Gasteiger partial charge < -0.3 is 9.47 Å². The van der Waals surface area contributed by atoms with Crippen LogP contribution in [0, 0.1) is 0 Å². The molecule has 1 amide bonds. The summed E-state index contributed by atoms with van der Waals surface area (Å²) in [6.45, 7) is 1.57. The molecule has 146 valence electrons. The lowest BCUT2D eigenvalue weighted by Crippen LogP contribution is -2.37. The van der Waals surface area contributed by atoms with Crippen LogP contribution in [0.25, 0.3) is 28.1 Å². The Balaban J connectivity index is 1.51. The Morgan fingerprint density at radius 2 is 2.00 bits per heavy atom. The maximum atomic E-state index is 12.8. The molecule has 7 nitrogen and oxygen atoms in total. The van der Waals surface area contributed by atoms with E-state index < -0.39 is 0 Å². The van der Waals surface area contributed by atoms with Crippen molar-refractivity contribution in [3.8, 4) is 17.1 Å². The average molecular weight is 425 g/mol. The molecule has 4 heterocycles. The summed E-state index contributed by atoms with van der Waals surface area (Å²) in [7, 11) is 0. The van der Waals surface area contributed by atoms with Crippen molar-refractivity contribution in [3.63, 3.8) is 0 Å². The third-order valence-electron chi connectivity index (χ3n) is 4.92. The molecular formula is C20H17ClN6OS. The van der Waals surface area contributed by atoms with Crippen LogP contribution in [-0.4, -0.2) is 60.1 Å². The second kappa shape index (κ2) is 7.53. The highest BCUT2D eigenvalue weighted by atomic mass is 35.5. The topological polar surface area (TPSA) is 79.7 Å². The number of hydrogen-bond donors (Lipinski definition) is 1. The lowest BCUT2D eigenvalue weighted by molar-refractivity contribution is 0.0772. The van der Waals surface area contributed by atoms with Crippen molar-refractivity contribution in [1.29, 1.82) is 0 Å². The largest absolute Gasteiger partial charge is 0.337 e. The molecule has 0 saturated carbocycles. The monoisotopic (exact) mass is 424 g/mol. The quantitative estimate of drug-likeness (QED) is 0.543. The maximum absolute atomic E-state index is 12.8. The van der Waals surface area contributed by atoms with E-state index in [1.807, 2.05) is 57.8 Å². The molecule has 1 aliphatic rings. The van der Waals surface area contributed by atoms with Crippen LogP contribution in [0.2, 0.25) is 5.02 Å². The smallest absolute Gasteiger partial charge is 0.255 e. The van der Waals surface area contributed by atoms with Crippen LogP contribution in [-0.2, 0) is 0 Å². The highest BCUT2D eigenvalue weighted by Crippen LogP contribution is 2.27. The predicted octanol–water partition coefficient (Wildman–Crippen LogP) is 3.65. The lowest BCUT2D eigenvalue weighted by atomic mass is 10.2. The molecule has 0 atom stereocenters. The fourth-order valence-corrected chi connectivity index (χ4v) is 4.63. The van der Waals surface area contributed by atoms with Crippen LogP contribution >= 0.6 is 23.4 Å². The number of aromatic nitrogens is 5. The average Bonchev–Trinajstić information content (AvgIpc) is 3.43. The van der Waals surface area contributed by atoms with E-state index in [-0.39, 0.29) is 5.91 Å². The van der Waals surface area contributed by atoms with Crippen LogP contribution in [0.1, 0.15) is 10.4 Å². The number of rotatable bonds is 3. The highest BCUT2D eigenvalue weighted by Gasteiger charge is 2.19. The number of hydrogen-bond acceptors (Lipinski definition) is 5. The van der Waals surface area contributed by atoms with Crippen molar-refractivity contribution in [2.24, 2.45) is 0 Å². The van der Waals surface area contributed by atoms with Crippen molar-refractivity contribution in [2.75, 3.05) is 24.6 Å². The number of H-pyrrole nitrogens is 1. The Morgan fingerprint density at radius 3 is 2.79 bits per heavy atom. The van der Waals surface area contributed by atoms with Crippen molar-refractivity contribution in [2.45, 2.75) is 0 Å². The van der Waals surface area contributed by atoms with Crippen LogP contribution in [0.4, 0.5) is 0 Å². The molecule has 9 heteroatoms. The molecule has 5 rings (SSSR count). The molecular weight excluding hydrogens is 408 g/mol. The van der Waals surface area contributed by atoms with Crippen molar-refractivity contribution in [3.05, 3.63) is 59.6 Å². The minimum absolute atomic E-state index is 0.0443. The Kier molecular flexibility index (Phi) is 4.73. The maximum Gasteiger partial charge on any atom is 0.255 e. The molecule has 0 spiro atoms. The van der Waals surface area contributed by atoms with Gasteiger partial charge in [-0.25, -0.2) is 9.97 Å². The van der Waals surface area contributed by atoms with E-state index in [0.29, 0.717) is 16.4 Å². The third-order valence-corrected chi connectivity index (χ3v) is 6.08. The molecule has 0 radical (unpaired) electrons. The molecule has 3 aromatic heterocycles. The van der Waals surface area contributed by atoms with Gasteiger partial charge in [0, 0.05) is 58.6 Å². The number of aromatic amines is 1. The number of nitrogens with one attached hydrogen (secondary N) is 1. The SMILES string of the molecule is O=C(c1cnc2c(ccn2-c2cc(Cl)cc(-c3ncn[nH]3)c2)c1)N1CCSCC1. The summed E-state index contributed by atoms with van der Waals surface area (Å²) in [5.74, 6) is 2.66. The number of nitrogens with zero attached hydrogens (tertiary/aromatic N) is 5. The van der Waals surface area contributed by atoms with Gasteiger partial charge in [-0.05, 0) is 30.3 Å². The van der Waals surface area contributed by atoms with Crippen LogP contribution in [0.5, 0.6) is 0 Å². The Bertz CT molecular complexity index is 1180. The molecule has 0 unspecified atom stereocenters. The summed E-state index contributed by atoms with van der Waals surface area (Å²) in [5, 5.41) is 8.25. The van der Waals surface area contributed by atoms with Gasteiger partial charge in [-0.3, -0.25) is 9.89 Å². The van der Waals surface area contributed by atoms with E-state index in [4.69, 9.17) is 11.6 Å². The van der Waals surface area contributed by atoms with Gasteiger partial charge in [-0.15, -0.1) is 0 Å². The Morgan fingerprint density at radius 1 is 1.14 bits per heavy atom.